The number of nitrogens with zero attached hydrogens (tertiary/aromatic N) is 1. The van der Waals surface area contributed by atoms with Crippen molar-refractivity contribution in [3.8, 4) is 0 Å². The Morgan fingerprint density at radius 2 is 1.58 bits per heavy atom. The van der Waals surface area contributed by atoms with Crippen LogP contribution >= 0.6 is 11.1 Å². The summed E-state index contributed by atoms with van der Waals surface area (Å²) in [6.45, 7) is 6.54. The van der Waals surface area contributed by atoms with E-state index in [1.807, 2.05) is 13.1 Å². The molecule has 0 aromatic rings. The molecule has 0 aliphatic heterocycles. The van der Waals surface area contributed by atoms with Gasteiger partial charge >= 0.3 is 0 Å². The molecule has 70 valence electrons. The zero-order chi connectivity index (χ0) is 9.94. The quantitative estimate of drug-likeness (QED) is 0.507. The van der Waals surface area contributed by atoms with E-state index in [2.05, 4.69) is 0 Å². The van der Waals surface area contributed by atoms with Crippen LogP contribution < -0.4 is 0 Å². The van der Waals surface area contributed by atoms with Crippen LogP contribution in [0.2, 0.25) is 13.1 Å². The van der Waals surface area contributed by atoms with Crippen LogP contribution in [0.25, 0.3) is 0 Å². The van der Waals surface area contributed by atoms with Crippen molar-refractivity contribution in [2.75, 3.05) is 6.17 Å². The molecule has 0 unspecified atom stereocenters. The zero-order valence-electron chi connectivity index (χ0n) is 7.85. The molecule has 0 saturated heterocycles. The highest BCUT2D eigenvalue weighted by Gasteiger charge is 2.25. The van der Waals surface area contributed by atoms with Gasteiger partial charge in [0.05, 0.1) is 0 Å². The highest BCUT2D eigenvalue weighted by molar-refractivity contribution is 7.19. The van der Waals surface area contributed by atoms with Crippen molar-refractivity contribution in [3.05, 3.63) is 0 Å². The van der Waals surface area contributed by atoms with Crippen LogP contribution in [0.15, 0.2) is 0 Å². The van der Waals surface area contributed by atoms with E-state index in [0.29, 0.717) is 6.17 Å². The van der Waals surface area contributed by atoms with Crippen LogP contribution in [0.3, 0.4) is 0 Å². The van der Waals surface area contributed by atoms with Crippen LogP contribution in [0.1, 0.15) is 13.8 Å². The highest BCUT2D eigenvalue weighted by atomic mass is 35.6. The average Bonchev–Trinajstić information content (AvgIpc) is 1.79. The first kappa shape index (κ1) is 11.6. The van der Waals surface area contributed by atoms with E-state index in [0.717, 1.165) is 0 Å². The van der Waals surface area contributed by atoms with Gasteiger partial charge in [-0.1, -0.05) is 13.1 Å². The van der Waals surface area contributed by atoms with E-state index < -0.39 is 7.38 Å². The fraction of sp³-hybridized carbons (Fsp3) is 0.714. The lowest BCUT2D eigenvalue weighted by Crippen LogP contribution is -2.43. The Balaban J connectivity index is 4.35. The number of hydrogen-bond donors (Lipinski definition) is 0. The lowest BCUT2D eigenvalue weighted by Gasteiger charge is -2.22. The van der Waals surface area contributed by atoms with Gasteiger partial charge in [0.2, 0.25) is 11.8 Å². The van der Waals surface area contributed by atoms with Crippen LogP contribution in [0.4, 0.5) is 0 Å². The number of carbonyl (C=O) groups is 2. The minimum absolute atomic E-state index is 0.233. The molecule has 0 aliphatic carbocycles. The molecule has 0 radical (unpaired) electrons. The molecule has 0 heterocycles. The van der Waals surface area contributed by atoms with Gasteiger partial charge in [-0.2, -0.15) is 11.1 Å². The summed E-state index contributed by atoms with van der Waals surface area (Å²) in [5, 5.41) is 0. The van der Waals surface area contributed by atoms with Gasteiger partial charge in [0, 0.05) is 20.0 Å². The van der Waals surface area contributed by atoms with E-state index >= 15 is 0 Å². The molecule has 0 aliphatic rings. The minimum Gasteiger partial charge on any atom is -0.285 e. The Morgan fingerprint density at radius 3 is 1.67 bits per heavy atom. The predicted octanol–water partition coefficient (Wildman–Crippen LogP) is 1.36. The van der Waals surface area contributed by atoms with Gasteiger partial charge in [0.15, 0.2) is 7.38 Å². The summed E-state index contributed by atoms with van der Waals surface area (Å²) < 4.78 is 0. The molecule has 0 N–H and O–H groups in total. The first-order valence-electron chi connectivity index (χ1n) is 3.71. The minimum atomic E-state index is -1.89. The third kappa shape index (κ3) is 4.51. The second kappa shape index (κ2) is 4.05. The lowest BCUT2D eigenvalue weighted by atomic mass is 10.5. The maximum absolute atomic E-state index is 10.9. The maximum atomic E-state index is 10.9. The fourth-order valence-corrected chi connectivity index (χ4v) is 2.38. The largest absolute Gasteiger partial charge is 0.285 e. The van der Waals surface area contributed by atoms with Crippen molar-refractivity contribution in [1.29, 1.82) is 0 Å². The monoisotopic (exact) mass is 207 g/mol. The molecule has 0 aromatic carbocycles. The standard InChI is InChI=1S/C7H14ClNO2Si/c1-6(10)9(7(2)11)5-12(3,4)8/h5H2,1-4H3. The van der Waals surface area contributed by atoms with Crippen molar-refractivity contribution in [2.45, 2.75) is 26.9 Å². The summed E-state index contributed by atoms with van der Waals surface area (Å²) in [7, 11) is -1.89. The van der Waals surface area contributed by atoms with E-state index in [4.69, 9.17) is 11.1 Å². The van der Waals surface area contributed by atoms with Crippen molar-refractivity contribution in [1.82, 2.24) is 4.90 Å². The normalized spacial score (nSPS) is 11.1. The summed E-state index contributed by atoms with van der Waals surface area (Å²) in [5.74, 6) is -0.465. The molecule has 3 nitrogen and oxygen atoms in total. The number of amides is 2. The van der Waals surface area contributed by atoms with Gasteiger partial charge in [-0.3, -0.25) is 14.5 Å². The molecule has 0 saturated carbocycles. The van der Waals surface area contributed by atoms with E-state index in [-0.39, 0.29) is 11.8 Å². The average molecular weight is 208 g/mol. The molecular weight excluding hydrogens is 194 g/mol. The third-order valence-corrected chi connectivity index (χ3v) is 2.72. The first-order chi connectivity index (χ1) is 5.24. The first-order valence-corrected chi connectivity index (χ1v) is 7.93. The molecule has 0 aromatic heterocycles. The second-order valence-corrected chi connectivity index (χ2v) is 10.2. The predicted molar refractivity (Wildman–Crippen MR) is 51.4 cm³/mol. The molecule has 5 heteroatoms. The molecule has 0 spiro atoms. The number of rotatable bonds is 2. The SMILES string of the molecule is CC(=O)N(C[Si](C)(C)Cl)C(C)=O. The van der Waals surface area contributed by atoms with Crippen LogP contribution in [-0.2, 0) is 9.59 Å². The van der Waals surface area contributed by atoms with Crippen LogP contribution in [-0.4, -0.2) is 30.3 Å². The number of imide groups is 1. The van der Waals surface area contributed by atoms with E-state index in [9.17, 15) is 9.59 Å². The topological polar surface area (TPSA) is 37.4 Å². The third-order valence-electron chi connectivity index (χ3n) is 1.29. The Bertz CT molecular complexity index is 186. The zero-order valence-corrected chi connectivity index (χ0v) is 9.60. The molecular formula is C7H14ClNO2Si. The molecule has 0 fully saturated rings. The van der Waals surface area contributed by atoms with E-state index in [1.165, 1.54) is 18.7 Å². The van der Waals surface area contributed by atoms with Gasteiger partial charge in [-0.25, -0.2) is 0 Å². The van der Waals surface area contributed by atoms with Gasteiger partial charge in [0.25, 0.3) is 0 Å². The Morgan fingerprint density at radius 1 is 1.25 bits per heavy atom. The molecule has 0 atom stereocenters. The lowest BCUT2D eigenvalue weighted by molar-refractivity contribution is -0.141. The fourth-order valence-electron chi connectivity index (χ4n) is 0.820. The van der Waals surface area contributed by atoms with Gasteiger partial charge < -0.3 is 0 Å². The van der Waals surface area contributed by atoms with Crippen LogP contribution in [0.5, 0.6) is 0 Å². The highest BCUT2D eigenvalue weighted by Crippen LogP contribution is 2.10. The van der Waals surface area contributed by atoms with Gasteiger partial charge in [0.1, 0.15) is 0 Å². The van der Waals surface area contributed by atoms with Crippen molar-refractivity contribution in [2.24, 2.45) is 0 Å². The smallest absolute Gasteiger partial charge is 0.225 e. The molecule has 0 bridgehead atoms. The van der Waals surface area contributed by atoms with Gasteiger partial charge in [-0.15, -0.1) is 0 Å². The number of carbonyl (C=O) groups excluding carboxylic acids is 2. The Hall–Kier alpha value is -0.353. The molecule has 12 heavy (non-hydrogen) atoms. The molecule has 0 rings (SSSR count). The summed E-state index contributed by atoms with van der Waals surface area (Å²) in [6, 6.07) is 0. The van der Waals surface area contributed by atoms with Crippen molar-refractivity contribution in [3.63, 3.8) is 0 Å². The summed E-state index contributed by atoms with van der Waals surface area (Å²) in [6.07, 6.45) is 0.388. The number of hydrogen-bond acceptors (Lipinski definition) is 2. The summed E-state index contributed by atoms with van der Waals surface area (Å²) >= 11 is 6.01. The van der Waals surface area contributed by atoms with Gasteiger partial charge in [-0.05, 0) is 0 Å². The maximum Gasteiger partial charge on any atom is 0.225 e. The second-order valence-electron chi connectivity index (χ2n) is 3.34. The Kier molecular flexibility index (Phi) is 3.93. The van der Waals surface area contributed by atoms with Crippen LogP contribution in [0, 0.1) is 0 Å². The summed E-state index contributed by atoms with van der Waals surface area (Å²) in [5.41, 5.74) is 0. The molecule has 2 amide bonds. The summed E-state index contributed by atoms with van der Waals surface area (Å²) in [4.78, 5) is 23.1. The van der Waals surface area contributed by atoms with E-state index in [1.54, 1.807) is 0 Å². The number of halogens is 1. The van der Waals surface area contributed by atoms with Crippen molar-refractivity contribution < 1.29 is 9.59 Å². The van der Waals surface area contributed by atoms with Crippen molar-refractivity contribution >= 4 is 30.3 Å². The Labute approximate surface area is 78.4 Å².